The minimum absolute atomic E-state index is 0.0359. The third-order valence-corrected chi connectivity index (χ3v) is 5.72. The Hall–Kier alpha value is -0.530. The van der Waals surface area contributed by atoms with E-state index in [0.29, 0.717) is 0 Å². The Balaban J connectivity index is 1.46. The van der Waals surface area contributed by atoms with Gasteiger partial charge in [0.05, 0.1) is 5.92 Å². The smallest absolute Gasteiger partial charge is 0.306 e. The molecule has 0 amide bonds. The summed E-state index contributed by atoms with van der Waals surface area (Å²) < 4.78 is 0. The summed E-state index contributed by atoms with van der Waals surface area (Å²) in [6, 6.07) is 0. The van der Waals surface area contributed by atoms with Gasteiger partial charge in [0, 0.05) is 0 Å². The number of rotatable bonds is 3. The van der Waals surface area contributed by atoms with Crippen LogP contribution >= 0.6 is 0 Å². The lowest BCUT2D eigenvalue weighted by Gasteiger charge is -2.31. The van der Waals surface area contributed by atoms with Crippen molar-refractivity contribution in [3.8, 4) is 0 Å². The zero-order valence-corrected chi connectivity index (χ0v) is 10.6. The molecule has 17 heavy (non-hydrogen) atoms. The molecule has 3 aliphatic rings. The van der Waals surface area contributed by atoms with Gasteiger partial charge in [0.25, 0.3) is 0 Å². The van der Waals surface area contributed by atoms with E-state index in [-0.39, 0.29) is 5.92 Å². The Kier molecular flexibility index (Phi) is 3.14. The summed E-state index contributed by atoms with van der Waals surface area (Å²) in [7, 11) is 0. The van der Waals surface area contributed by atoms with Crippen molar-refractivity contribution >= 4 is 5.97 Å². The van der Waals surface area contributed by atoms with Gasteiger partial charge >= 0.3 is 5.97 Å². The highest BCUT2D eigenvalue weighted by atomic mass is 16.4. The molecule has 0 saturated heterocycles. The van der Waals surface area contributed by atoms with E-state index >= 15 is 0 Å². The van der Waals surface area contributed by atoms with Crippen LogP contribution in [0.4, 0.5) is 0 Å². The minimum atomic E-state index is -0.566. The zero-order chi connectivity index (χ0) is 11.8. The van der Waals surface area contributed by atoms with Crippen molar-refractivity contribution in [3.05, 3.63) is 0 Å². The van der Waals surface area contributed by atoms with Gasteiger partial charge in [0.15, 0.2) is 0 Å². The van der Waals surface area contributed by atoms with Gasteiger partial charge in [-0.05, 0) is 75.0 Å². The molecule has 0 aliphatic heterocycles. The second kappa shape index (κ2) is 4.62. The standard InChI is InChI=1S/C15H24O2/c16-15(17)12-4-1-10(2-5-12)7-14-9-11-3-6-13(14)8-11/h10-14H,1-9H2,(H,16,17). The maximum absolute atomic E-state index is 10.9. The van der Waals surface area contributed by atoms with E-state index in [1.807, 2.05) is 0 Å². The Bertz CT molecular complexity index is 291. The Morgan fingerprint density at radius 2 is 1.76 bits per heavy atom. The zero-order valence-electron chi connectivity index (χ0n) is 10.6. The van der Waals surface area contributed by atoms with Gasteiger partial charge in [-0.1, -0.05) is 6.42 Å². The Labute approximate surface area is 104 Å². The van der Waals surface area contributed by atoms with Gasteiger partial charge < -0.3 is 5.11 Å². The van der Waals surface area contributed by atoms with Crippen molar-refractivity contribution in [1.82, 2.24) is 0 Å². The number of hydrogen-bond donors (Lipinski definition) is 1. The largest absolute Gasteiger partial charge is 0.481 e. The van der Waals surface area contributed by atoms with Crippen molar-refractivity contribution in [2.75, 3.05) is 0 Å². The molecule has 0 spiro atoms. The first-order chi connectivity index (χ1) is 8.22. The number of carbonyl (C=O) groups is 1. The summed E-state index contributed by atoms with van der Waals surface area (Å²) in [6.45, 7) is 0. The van der Waals surface area contributed by atoms with Crippen LogP contribution in [0, 0.1) is 29.6 Å². The second-order valence-corrected chi connectivity index (χ2v) is 6.73. The van der Waals surface area contributed by atoms with Crippen LogP contribution in [-0.2, 0) is 4.79 Å². The maximum atomic E-state index is 10.9. The van der Waals surface area contributed by atoms with E-state index in [1.165, 1.54) is 44.9 Å². The Morgan fingerprint density at radius 1 is 1.00 bits per heavy atom. The average molecular weight is 236 g/mol. The molecular formula is C15H24O2. The molecule has 3 fully saturated rings. The lowest BCUT2D eigenvalue weighted by molar-refractivity contribution is -0.143. The summed E-state index contributed by atoms with van der Waals surface area (Å²) >= 11 is 0. The first kappa shape index (κ1) is 11.6. The van der Waals surface area contributed by atoms with Gasteiger partial charge in [-0.15, -0.1) is 0 Å². The van der Waals surface area contributed by atoms with Crippen LogP contribution < -0.4 is 0 Å². The molecule has 0 aromatic carbocycles. The van der Waals surface area contributed by atoms with Crippen LogP contribution in [0.3, 0.4) is 0 Å². The summed E-state index contributed by atoms with van der Waals surface area (Å²) in [5, 5.41) is 8.99. The van der Waals surface area contributed by atoms with E-state index in [0.717, 1.165) is 36.5 Å². The molecule has 2 heteroatoms. The van der Waals surface area contributed by atoms with E-state index in [4.69, 9.17) is 5.11 Å². The highest BCUT2D eigenvalue weighted by Gasteiger charge is 2.40. The lowest BCUT2D eigenvalue weighted by atomic mass is 9.75. The molecular weight excluding hydrogens is 212 g/mol. The topological polar surface area (TPSA) is 37.3 Å². The third kappa shape index (κ3) is 2.36. The predicted octanol–water partition coefficient (Wildman–Crippen LogP) is 3.70. The molecule has 96 valence electrons. The molecule has 2 nitrogen and oxygen atoms in total. The molecule has 0 aromatic heterocycles. The van der Waals surface area contributed by atoms with Crippen molar-refractivity contribution in [2.24, 2.45) is 29.6 Å². The van der Waals surface area contributed by atoms with Crippen LogP contribution in [0.1, 0.15) is 57.8 Å². The molecule has 0 aromatic rings. The number of carboxylic acids is 1. The third-order valence-electron chi connectivity index (χ3n) is 5.72. The maximum Gasteiger partial charge on any atom is 0.306 e. The molecule has 3 atom stereocenters. The van der Waals surface area contributed by atoms with Crippen molar-refractivity contribution in [2.45, 2.75) is 57.8 Å². The van der Waals surface area contributed by atoms with Crippen LogP contribution in [0.2, 0.25) is 0 Å². The summed E-state index contributed by atoms with van der Waals surface area (Å²) in [4.78, 5) is 10.9. The first-order valence-corrected chi connectivity index (χ1v) is 7.45. The molecule has 3 aliphatic carbocycles. The fourth-order valence-corrected chi connectivity index (χ4v) is 4.74. The lowest BCUT2D eigenvalue weighted by Crippen LogP contribution is -2.24. The van der Waals surface area contributed by atoms with Gasteiger partial charge in [-0.25, -0.2) is 0 Å². The van der Waals surface area contributed by atoms with E-state index in [2.05, 4.69) is 0 Å². The fourth-order valence-electron chi connectivity index (χ4n) is 4.74. The number of fused-ring (bicyclic) bond motifs is 2. The van der Waals surface area contributed by atoms with Crippen LogP contribution in [-0.4, -0.2) is 11.1 Å². The summed E-state index contributed by atoms with van der Waals surface area (Å²) in [5.41, 5.74) is 0. The molecule has 0 radical (unpaired) electrons. The molecule has 3 unspecified atom stereocenters. The number of carboxylic acid groups (broad SMARTS) is 1. The molecule has 1 N–H and O–H groups in total. The summed E-state index contributed by atoms with van der Waals surface area (Å²) in [5.74, 6) is 3.34. The fraction of sp³-hybridized carbons (Fsp3) is 0.933. The molecule has 3 rings (SSSR count). The number of aliphatic carboxylic acids is 1. The quantitative estimate of drug-likeness (QED) is 0.811. The first-order valence-electron chi connectivity index (χ1n) is 7.45. The predicted molar refractivity (Wildman–Crippen MR) is 66.6 cm³/mol. The molecule has 2 bridgehead atoms. The van der Waals surface area contributed by atoms with Gasteiger partial charge in [0.2, 0.25) is 0 Å². The van der Waals surface area contributed by atoms with Crippen molar-refractivity contribution < 1.29 is 9.90 Å². The normalized spacial score (nSPS) is 45.1. The van der Waals surface area contributed by atoms with Gasteiger partial charge in [0.1, 0.15) is 0 Å². The highest BCUT2D eigenvalue weighted by Crippen LogP contribution is 2.51. The van der Waals surface area contributed by atoms with E-state index in [9.17, 15) is 4.79 Å². The van der Waals surface area contributed by atoms with Crippen LogP contribution in [0.15, 0.2) is 0 Å². The van der Waals surface area contributed by atoms with Crippen molar-refractivity contribution in [1.29, 1.82) is 0 Å². The van der Waals surface area contributed by atoms with Crippen LogP contribution in [0.25, 0.3) is 0 Å². The minimum Gasteiger partial charge on any atom is -0.481 e. The summed E-state index contributed by atoms with van der Waals surface area (Å²) in [6.07, 6.45) is 11.6. The van der Waals surface area contributed by atoms with Crippen LogP contribution in [0.5, 0.6) is 0 Å². The number of hydrogen-bond acceptors (Lipinski definition) is 1. The molecule has 0 heterocycles. The highest BCUT2D eigenvalue weighted by molar-refractivity contribution is 5.69. The Morgan fingerprint density at radius 3 is 2.29 bits per heavy atom. The SMILES string of the molecule is O=C(O)C1CCC(CC2CC3CCC2C3)CC1. The van der Waals surface area contributed by atoms with Crippen molar-refractivity contribution in [3.63, 3.8) is 0 Å². The van der Waals surface area contributed by atoms with Gasteiger partial charge in [-0.2, -0.15) is 0 Å². The van der Waals surface area contributed by atoms with E-state index in [1.54, 1.807) is 0 Å². The van der Waals surface area contributed by atoms with E-state index < -0.39 is 5.97 Å². The second-order valence-electron chi connectivity index (χ2n) is 6.73. The monoisotopic (exact) mass is 236 g/mol. The van der Waals surface area contributed by atoms with Gasteiger partial charge in [-0.3, -0.25) is 4.79 Å². The molecule has 3 saturated carbocycles. The average Bonchev–Trinajstić information content (AvgIpc) is 2.91.